The van der Waals surface area contributed by atoms with Crippen molar-refractivity contribution in [2.75, 3.05) is 11.5 Å². The first-order chi connectivity index (χ1) is 15.1. The van der Waals surface area contributed by atoms with Crippen molar-refractivity contribution in [3.05, 3.63) is 78.8 Å². The number of hydrogen-bond donors (Lipinski definition) is 1. The van der Waals surface area contributed by atoms with Crippen molar-refractivity contribution < 1.29 is 18.7 Å². The molecule has 1 aliphatic heterocycles. The Balaban J connectivity index is 1.35. The van der Waals surface area contributed by atoms with Crippen molar-refractivity contribution in [2.45, 2.75) is 24.3 Å². The number of carbonyl (C=O) groups excluding carboxylic acids is 2. The van der Waals surface area contributed by atoms with Gasteiger partial charge in [0.05, 0.1) is 5.41 Å². The van der Waals surface area contributed by atoms with Gasteiger partial charge in [0.1, 0.15) is 12.6 Å². The monoisotopic (exact) mass is 417 g/mol. The molecule has 31 heavy (non-hydrogen) atoms. The first-order valence-electron chi connectivity index (χ1n) is 9.86. The van der Waals surface area contributed by atoms with Gasteiger partial charge in [0.15, 0.2) is 11.6 Å². The first-order valence-corrected chi connectivity index (χ1v) is 9.86. The Morgan fingerprint density at radius 2 is 2.00 bits per heavy atom. The van der Waals surface area contributed by atoms with Crippen LogP contribution in [0.1, 0.15) is 35.0 Å². The molecule has 1 atom stereocenters. The molecule has 5 rings (SSSR count). The molecule has 156 valence electrons. The molecule has 9 heteroatoms. The van der Waals surface area contributed by atoms with E-state index in [1.165, 1.54) is 11.1 Å². The van der Waals surface area contributed by atoms with Gasteiger partial charge in [-0.15, -0.1) is 10.2 Å². The SMILES string of the molecule is C=CN1C(=O)[C@@H](NC(=O)c2nnc(C3(c4ccccc4)CC3)o2)COc2cccnc21. The van der Waals surface area contributed by atoms with E-state index < -0.39 is 17.9 Å². The molecule has 1 N–H and O–H groups in total. The highest BCUT2D eigenvalue weighted by Crippen LogP contribution is 2.52. The summed E-state index contributed by atoms with van der Waals surface area (Å²) < 4.78 is 11.4. The summed E-state index contributed by atoms with van der Waals surface area (Å²) in [5.41, 5.74) is 0.728. The average molecular weight is 417 g/mol. The predicted octanol–water partition coefficient (Wildman–Crippen LogP) is 2.21. The molecule has 9 nitrogen and oxygen atoms in total. The highest BCUT2D eigenvalue weighted by molar-refractivity contribution is 6.02. The summed E-state index contributed by atoms with van der Waals surface area (Å²) in [6.45, 7) is 3.60. The number of carbonyl (C=O) groups is 2. The molecule has 0 saturated heterocycles. The van der Waals surface area contributed by atoms with Gasteiger partial charge >= 0.3 is 11.8 Å². The number of ether oxygens (including phenoxy) is 1. The number of benzene rings is 1. The third-order valence-electron chi connectivity index (χ3n) is 5.51. The lowest BCUT2D eigenvalue weighted by molar-refractivity contribution is -0.120. The second-order valence-corrected chi connectivity index (χ2v) is 7.41. The van der Waals surface area contributed by atoms with E-state index in [0.29, 0.717) is 17.5 Å². The fraction of sp³-hybridized carbons (Fsp3) is 0.227. The average Bonchev–Trinajstić information content (AvgIpc) is 3.49. The minimum atomic E-state index is -0.973. The quantitative estimate of drug-likeness (QED) is 0.678. The summed E-state index contributed by atoms with van der Waals surface area (Å²) in [6.07, 6.45) is 4.62. The van der Waals surface area contributed by atoms with Gasteiger partial charge in [-0.05, 0) is 30.5 Å². The number of amides is 2. The second kappa shape index (κ2) is 7.35. The Hall–Kier alpha value is -4.01. The number of nitrogens with zero attached hydrogens (tertiary/aromatic N) is 4. The second-order valence-electron chi connectivity index (χ2n) is 7.41. The summed E-state index contributed by atoms with van der Waals surface area (Å²) in [5, 5.41) is 10.6. The minimum Gasteiger partial charge on any atom is -0.487 e. The third-order valence-corrected chi connectivity index (χ3v) is 5.51. The van der Waals surface area contributed by atoms with E-state index in [1.807, 2.05) is 30.3 Å². The van der Waals surface area contributed by atoms with Crippen molar-refractivity contribution in [1.82, 2.24) is 20.5 Å². The molecule has 3 heterocycles. The van der Waals surface area contributed by atoms with Gasteiger partial charge in [-0.2, -0.15) is 0 Å². The molecule has 2 aromatic heterocycles. The smallest absolute Gasteiger partial charge is 0.309 e. The van der Waals surface area contributed by atoms with Crippen LogP contribution in [-0.2, 0) is 10.2 Å². The number of pyridine rings is 1. The van der Waals surface area contributed by atoms with Crippen molar-refractivity contribution in [2.24, 2.45) is 0 Å². The zero-order valence-electron chi connectivity index (χ0n) is 16.5. The molecule has 2 amide bonds. The van der Waals surface area contributed by atoms with E-state index in [4.69, 9.17) is 9.15 Å². The third kappa shape index (κ3) is 3.24. The van der Waals surface area contributed by atoms with Crippen molar-refractivity contribution in [1.29, 1.82) is 0 Å². The van der Waals surface area contributed by atoms with Crippen molar-refractivity contribution in [3.8, 4) is 5.75 Å². The number of hydrogen-bond acceptors (Lipinski definition) is 7. The van der Waals surface area contributed by atoms with Gasteiger partial charge in [-0.1, -0.05) is 36.9 Å². The van der Waals surface area contributed by atoms with E-state index in [9.17, 15) is 9.59 Å². The molecule has 0 radical (unpaired) electrons. The Bertz CT molecular complexity index is 1160. The molecular weight excluding hydrogens is 398 g/mol. The molecule has 1 aliphatic carbocycles. The summed E-state index contributed by atoms with van der Waals surface area (Å²) in [4.78, 5) is 31.1. The zero-order valence-corrected chi connectivity index (χ0v) is 16.5. The molecule has 0 spiro atoms. The maximum atomic E-state index is 12.9. The lowest BCUT2D eigenvalue weighted by Crippen LogP contribution is -2.49. The van der Waals surface area contributed by atoms with E-state index in [-0.39, 0.29) is 17.9 Å². The lowest BCUT2D eigenvalue weighted by Gasteiger charge is -2.19. The van der Waals surface area contributed by atoms with Gasteiger partial charge in [0, 0.05) is 12.4 Å². The fourth-order valence-electron chi connectivity index (χ4n) is 3.71. The Kier molecular flexibility index (Phi) is 4.50. The van der Waals surface area contributed by atoms with Crippen LogP contribution in [0.2, 0.25) is 0 Å². The summed E-state index contributed by atoms with van der Waals surface area (Å²) >= 11 is 0. The Morgan fingerprint density at radius 1 is 1.19 bits per heavy atom. The van der Waals surface area contributed by atoms with Gasteiger partial charge in [-0.3, -0.25) is 14.5 Å². The number of rotatable bonds is 5. The van der Waals surface area contributed by atoms with Crippen LogP contribution in [0, 0.1) is 0 Å². The standard InChI is InChI=1S/C22H19N5O4/c1-2-27-17-16(9-6-12-23-17)30-13-15(20(27)29)24-18(28)19-25-26-21(31-19)22(10-11-22)14-7-4-3-5-8-14/h2-9,12,15H,1,10-11,13H2,(H,24,28)/t15-/m0/s1. The van der Waals surface area contributed by atoms with Gasteiger partial charge in [-0.25, -0.2) is 4.98 Å². The zero-order chi connectivity index (χ0) is 21.4. The molecule has 0 bridgehead atoms. The number of fused-ring (bicyclic) bond motifs is 1. The van der Waals surface area contributed by atoms with Crippen LogP contribution in [0.4, 0.5) is 5.82 Å². The molecule has 1 fully saturated rings. The first kappa shape index (κ1) is 19.0. The minimum absolute atomic E-state index is 0.0669. The predicted molar refractivity (Wildman–Crippen MR) is 109 cm³/mol. The van der Waals surface area contributed by atoms with Crippen LogP contribution in [0.25, 0.3) is 0 Å². The highest BCUT2D eigenvalue weighted by Gasteiger charge is 2.51. The normalized spacial score (nSPS) is 19.0. The highest BCUT2D eigenvalue weighted by atomic mass is 16.5. The summed E-state index contributed by atoms with van der Waals surface area (Å²) in [6, 6.07) is 12.3. The van der Waals surface area contributed by atoms with Crippen molar-refractivity contribution >= 4 is 17.6 Å². The van der Waals surface area contributed by atoms with E-state index in [2.05, 4.69) is 27.1 Å². The number of aromatic nitrogens is 3. The Morgan fingerprint density at radius 3 is 2.74 bits per heavy atom. The van der Waals surface area contributed by atoms with Gasteiger partial charge in [0.2, 0.25) is 5.89 Å². The van der Waals surface area contributed by atoms with Crippen LogP contribution in [-0.4, -0.2) is 39.6 Å². The number of nitrogens with one attached hydrogen (secondary N) is 1. The van der Waals surface area contributed by atoms with Gasteiger partial charge in [0.25, 0.3) is 5.91 Å². The van der Waals surface area contributed by atoms with E-state index in [0.717, 1.165) is 18.4 Å². The van der Waals surface area contributed by atoms with Crippen LogP contribution < -0.4 is 15.0 Å². The van der Waals surface area contributed by atoms with Gasteiger partial charge < -0.3 is 14.5 Å². The topological polar surface area (TPSA) is 110 Å². The maximum Gasteiger partial charge on any atom is 0.309 e. The molecule has 2 aliphatic rings. The van der Waals surface area contributed by atoms with E-state index in [1.54, 1.807) is 18.3 Å². The molecule has 1 saturated carbocycles. The van der Waals surface area contributed by atoms with Crippen LogP contribution in [0.3, 0.4) is 0 Å². The molecular formula is C22H19N5O4. The van der Waals surface area contributed by atoms with Crippen LogP contribution in [0.15, 0.2) is 65.9 Å². The molecule has 1 aromatic carbocycles. The van der Waals surface area contributed by atoms with Crippen LogP contribution >= 0.6 is 0 Å². The Labute approximate surface area is 177 Å². The maximum absolute atomic E-state index is 12.9. The lowest BCUT2D eigenvalue weighted by atomic mass is 9.96. The van der Waals surface area contributed by atoms with E-state index >= 15 is 0 Å². The molecule has 0 unspecified atom stereocenters. The fourth-order valence-corrected chi connectivity index (χ4v) is 3.71. The van der Waals surface area contributed by atoms with Crippen LogP contribution in [0.5, 0.6) is 5.75 Å². The summed E-state index contributed by atoms with van der Waals surface area (Å²) in [7, 11) is 0. The molecule has 3 aromatic rings. The van der Waals surface area contributed by atoms with Crippen molar-refractivity contribution in [3.63, 3.8) is 0 Å². The largest absolute Gasteiger partial charge is 0.487 e. The number of anilines is 1. The summed E-state index contributed by atoms with van der Waals surface area (Å²) in [5.74, 6) is -0.133.